The van der Waals surface area contributed by atoms with E-state index in [1.165, 1.54) is 19.0 Å². The van der Waals surface area contributed by atoms with Crippen molar-refractivity contribution in [1.29, 1.82) is 0 Å². The van der Waals surface area contributed by atoms with Crippen molar-refractivity contribution in [3.05, 3.63) is 112 Å². The average Bonchev–Trinajstić information content (AvgIpc) is 3.56. The van der Waals surface area contributed by atoms with Crippen molar-refractivity contribution in [3.8, 4) is 0 Å². The van der Waals surface area contributed by atoms with E-state index in [1.54, 1.807) is 18.3 Å². The highest BCUT2D eigenvalue weighted by Gasteiger charge is 2.49. The summed E-state index contributed by atoms with van der Waals surface area (Å²) in [6, 6.07) is 17.0. The number of amides is 3. The lowest BCUT2D eigenvalue weighted by atomic mass is 9.72. The second-order valence-corrected chi connectivity index (χ2v) is 13.5. The number of aromatic nitrogens is 2. The van der Waals surface area contributed by atoms with Gasteiger partial charge in [0.25, 0.3) is 17.7 Å². The molecule has 0 radical (unpaired) electrons. The first-order valence-corrected chi connectivity index (χ1v) is 17.2. The van der Waals surface area contributed by atoms with Gasteiger partial charge in [-0.25, -0.2) is 13.8 Å². The van der Waals surface area contributed by atoms with Gasteiger partial charge in [-0.3, -0.25) is 19.3 Å². The van der Waals surface area contributed by atoms with E-state index in [4.69, 9.17) is 4.74 Å². The molecule has 3 aromatic carbocycles. The van der Waals surface area contributed by atoms with Crippen LogP contribution in [0.15, 0.2) is 66.9 Å². The van der Waals surface area contributed by atoms with E-state index < -0.39 is 23.1 Å². The van der Waals surface area contributed by atoms with Crippen molar-refractivity contribution in [2.45, 2.75) is 44.4 Å². The van der Waals surface area contributed by atoms with Crippen molar-refractivity contribution in [3.63, 3.8) is 0 Å². The molecule has 13 heteroatoms. The van der Waals surface area contributed by atoms with Crippen LogP contribution in [0.25, 0.3) is 0 Å². The van der Waals surface area contributed by atoms with Crippen molar-refractivity contribution < 1.29 is 27.9 Å². The fraction of sp³-hybridized carbons (Fsp3) is 0.368. The molecule has 0 bridgehead atoms. The van der Waals surface area contributed by atoms with Crippen molar-refractivity contribution in [2.24, 2.45) is 0 Å². The largest absolute Gasteiger partial charge is 0.378 e. The number of halogens is 2. The summed E-state index contributed by atoms with van der Waals surface area (Å²) in [5, 5.41) is 5.88. The molecule has 3 aliphatic rings. The van der Waals surface area contributed by atoms with Gasteiger partial charge in [-0.1, -0.05) is 12.1 Å². The Bertz CT molecular complexity index is 1910. The maximum absolute atomic E-state index is 15.2. The lowest BCUT2D eigenvalue weighted by Crippen LogP contribution is -2.56. The molecule has 2 aliphatic heterocycles. The van der Waals surface area contributed by atoms with Gasteiger partial charge in [0.1, 0.15) is 11.6 Å². The number of rotatable bonds is 9. The Morgan fingerprint density at radius 2 is 1.57 bits per heavy atom. The lowest BCUT2D eigenvalue weighted by molar-refractivity contribution is -0.0229. The quantitative estimate of drug-likeness (QED) is 0.259. The first-order valence-electron chi connectivity index (χ1n) is 17.2. The number of hydrogen-bond donors (Lipinski definition) is 2. The summed E-state index contributed by atoms with van der Waals surface area (Å²) in [5.74, 6) is -2.20. The van der Waals surface area contributed by atoms with Crippen molar-refractivity contribution in [2.75, 3.05) is 57.2 Å². The monoisotopic (exact) mass is 697 g/mol. The Labute approximate surface area is 295 Å². The maximum atomic E-state index is 15.2. The van der Waals surface area contributed by atoms with Gasteiger partial charge in [0, 0.05) is 81.4 Å². The summed E-state index contributed by atoms with van der Waals surface area (Å²) in [6.07, 6.45) is 4.22. The third kappa shape index (κ3) is 6.83. The van der Waals surface area contributed by atoms with E-state index in [0.717, 1.165) is 61.4 Å². The van der Waals surface area contributed by atoms with Crippen LogP contribution >= 0.6 is 0 Å². The van der Waals surface area contributed by atoms with Gasteiger partial charge in [0.05, 0.1) is 30.6 Å². The van der Waals surface area contributed by atoms with Crippen LogP contribution in [0.1, 0.15) is 67.4 Å². The standard InChI is InChI=1S/C38H41F2N7O4/c1-44(2)37(50)27-20-31(39)30(32(40)21-27)24-46-14-15-47-33(38(46)12-3-13-38)23-41-34(47)36(49)42-22-25-4-8-28(9-5-25)43-35(48)26-6-10-29(11-7-26)45-16-18-51-19-17-45/h4-11,20-21,23H,3,12-19,22,24H2,1-2H3,(H,42,49)(H,43,48). The summed E-state index contributed by atoms with van der Waals surface area (Å²) in [5.41, 5.74) is 3.39. The number of benzene rings is 3. The van der Waals surface area contributed by atoms with E-state index in [0.29, 0.717) is 43.4 Å². The molecule has 2 N–H and O–H groups in total. The highest BCUT2D eigenvalue weighted by atomic mass is 19.1. The van der Waals surface area contributed by atoms with Crippen molar-refractivity contribution in [1.82, 2.24) is 24.7 Å². The smallest absolute Gasteiger partial charge is 0.287 e. The van der Waals surface area contributed by atoms with Gasteiger partial charge in [-0.2, -0.15) is 0 Å². The predicted octanol–water partition coefficient (Wildman–Crippen LogP) is 4.78. The summed E-state index contributed by atoms with van der Waals surface area (Å²) < 4.78 is 37.7. The Hall–Kier alpha value is -5.14. The molecular weight excluding hydrogens is 656 g/mol. The third-order valence-corrected chi connectivity index (χ3v) is 10.2. The zero-order valence-corrected chi connectivity index (χ0v) is 28.8. The van der Waals surface area contributed by atoms with Crippen LogP contribution in [-0.2, 0) is 29.9 Å². The zero-order valence-electron chi connectivity index (χ0n) is 28.8. The van der Waals surface area contributed by atoms with Crippen LogP contribution in [0.3, 0.4) is 0 Å². The van der Waals surface area contributed by atoms with E-state index in [9.17, 15) is 14.4 Å². The second kappa shape index (κ2) is 14.2. The summed E-state index contributed by atoms with van der Waals surface area (Å²) >= 11 is 0. The number of morpholine rings is 1. The van der Waals surface area contributed by atoms with Gasteiger partial charge in [0.15, 0.2) is 5.82 Å². The number of nitrogens with zero attached hydrogens (tertiary/aromatic N) is 5. The Kier molecular flexibility index (Phi) is 9.58. The normalized spacial score (nSPS) is 16.7. The number of nitrogens with one attached hydrogen (secondary N) is 2. The minimum Gasteiger partial charge on any atom is -0.378 e. The molecule has 1 spiro atoms. The topological polar surface area (TPSA) is 112 Å². The fourth-order valence-electron chi connectivity index (χ4n) is 7.21. The van der Waals surface area contributed by atoms with Gasteiger partial charge < -0.3 is 29.7 Å². The SMILES string of the molecule is CN(C)C(=O)c1cc(F)c(CN2CCn3c(cnc3C(=O)NCc3ccc(NC(=O)c4ccc(N5CCOCC5)cc4)cc3)C23CCC3)c(F)c1. The first-order chi connectivity index (χ1) is 24.6. The molecule has 11 nitrogen and oxygen atoms in total. The fourth-order valence-corrected chi connectivity index (χ4v) is 7.21. The highest BCUT2D eigenvalue weighted by Crippen LogP contribution is 2.49. The predicted molar refractivity (Wildman–Crippen MR) is 188 cm³/mol. The molecule has 1 saturated heterocycles. The number of carbonyl (C=O) groups excluding carboxylic acids is 3. The molecule has 7 rings (SSSR count). The van der Waals surface area contributed by atoms with E-state index in [-0.39, 0.29) is 36.0 Å². The second-order valence-electron chi connectivity index (χ2n) is 13.5. The number of fused-ring (bicyclic) bond motifs is 2. The van der Waals surface area contributed by atoms with Crippen LogP contribution < -0.4 is 15.5 Å². The number of carbonyl (C=O) groups is 3. The molecule has 1 saturated carbocycles. The molecular formula is C38H41F2N7O4. The number of imidazole rings is 1. The van der Waals surface area contributed by atoms with Gasteiger partial charge in [-0.05, 0) is 73.4 Å². The lowest BCUT2D eigenvalue weighted by Gasteiger charge is -2.53. The molecule has 3 amide bonds. The Balaban J connectivity index is 0.964. The molecule has 0 unspecified atom stereocenters. The van der Waals surface area contributed by atoms with Crippen LogP contribution in [0.2, 0.25) is 0 Å². The van der Waals surface area contributed by atoms with Crippen molar-refractivity contribution >= 4 is 29.1 Å². The van der Waals surface area contributed by atoms with E-state index >= 15 is 8.78 Å². The number of hydrogen-bond acceptors (Lipinski definition) is 7. The molecule has 51 heavy (non-hydrogen) atoms. The summed E-state index contributed by atoms with van der Waals surface area (Å²) in [6.45, 7) is 4.27. The van der Waals surface area contributed by atoms with Gasteiger partial charge in [0.2, 0.25) is 0 Å². The van der Waals surface area contributed by atoms with Crippen LogP contribution in [0.5, 0.6) is 0 Å². The Morgan fingerprint density at radius 1 is 0.882 bits per heavy atom. The first kappa shape index (κ1) is 34.3. The molecule has 2 fully saturated rings. The molecule has 266 valence electrons. The minimum atomic E-state index is -0.751. The van der Waals surface area contributed by atoms with Gasteiger partial charge in [-0.15, -0.1) is 0 Å². The van der Waals surface area contributed by atoms with Crippen LogP contribution in [-0.4, -0.2) is 84.0 Å². The summed E-state index contributed by atoms with van der Waals surface area (Å²) in [7, 11) is 3.07. The molecule has 1 aliphatic carbocycles. The third-order valence-electron chi connectivity index (χ3n) is 10.2. The van der Waals surface area contributed by atoms with Gasteiger partial charge >= 0.3 is 0 Å². The van der Waals surface area contributed by atoms with Crippen LogP contribution in [0, 0.1) is 11.6 Å². The molecule has 1 aromatic heterocycles. The maximum Gasteiger partial charge on any atom is 0.287 e. The number of anilines is 2. The summed E-state index contributed by atoms with van der Waals surface area (Å²) in [4.78, 5) is 48.6. The van der Waals surface area contributed by atoms with Crippen LogP contribution in [0.4, 0.5) is 20.2 Å². The number of ether oxygens (including phenoxy) is 1. The minimum absolute atomic E-state index is 0.0336. The highest BCUT2D eigenvalue weighted by molar-refractivity contribution is 6.04. The molecule has 3 heterocycles. The average molecular weight is 698 g/mol. The Morgan fingerprint density at radius 3 is 2.20 bits per heavy atom. The zero-order chi connectivity index (χ0) is 35.7. The van der Waals surface area contributed by atoms with E-state index in [1.807, 2.05) is 41.0 Å². The molecule has 4 aromatic rings. The van der Waals surface area contributed by atoms with E-state index in [2.05, 4.69) is 25.4 Å². The molecule has 0 atom stereocenters.